The minimum absolute atomic E-state index is 0.0280. The minimum atomic E-state index is -0.0280. The SMILES string of the molecule is O=C(NCC1C[C@H]2CC[C@@H](C1)N2)c1cncc(-c2ccc3c(c2)CCO3)c1. The number of piperidine rings is 1. The van der Waals surface area contributed by atoms with Gasteiger partial charge in [0.1, 0.15) is 5.75 Å². The molecule has 2 N–H and O–H groups in total. The molecule has 0 aliphatic carbocycles. The Bertz CT molecular complexity index is 854. The van der Waals surface area contributed by atoms with Crippen molar-refractivity contribution in [2.24, 2.45) is 5.92 Å². The monoisotopic (exact) mass is 363 g/mol. The highest BCUT2D eigenvalue weighted by molar-refractivity contribution is 5.95. The summed E-state index contributed by atoms with van der Waals surface area (Å²) in [5.41, 5.74) is 3.90. The van der Waals surface area contributed by atoms with Gasteiger partial charge in [0.05, 0.1) is 12.2 Å². The van der Waals surface area contributed by atoms with E-state index in [1.807, 2.05) is 24.4 Å². The zero-order valence-electron chi connectivity index (χ0n) is 15.4. The van der Waals surface area contributed by atoms with E-state index in [9.17, 15) is 4.79 Å². The van der Waals surface area contributed by atoms with E-state index in [1.165, 1.54) is 31.2 Å². The van der Waals surface area contributed by atoms with Crippen molar-refractivity contribution in [2.45, 2.75) is 44.2 Å². The van der Waals surface area contributed by atoms with Gasteiger partial charge in [-0.05, 0) is 60.9 Å². The smallest absolute Gasteiger partial charge is 0.252 e. The molecule has 3 atom stereocenters. The van der Waals surface area contributed by atoms with Gasteiger partial charge in [0, 0.05) is 43.0 Å². The number of hydrogen-bond acceptors (Lipinski definition) is 4. The Hall–Kier alpha value is -2.40. The Kier molecular flexibility index (Phi) is 4.32. The van der Waals surface area contributed by atoms with Crippen LogP contribution >= 0.6 is 0 Å². The van der Waals surface area contributed by atoms with E-state index >= 15 is 0 Å². The highest BCUT2D eigenvalue weighted by atomic mass is 16.5. The molecule has 0 spiro atoms. The third-order valence-electron chi connectivity index (χ3n) is 6.15. The maximum Gasteiger partial charge on any atom is 0.252 e. The van der Waals surface area contributed by atoms with Crippen molar-refractivity contribution in [2.75, 3.05) is 13.2 Å². The molecule has 2 fully saturated rings. The lowest BCUT2D eigenvalue weighted by Crippen LogP contribution is -2.42. The minimum Gasteiger partial charge on any atom is -0.493 e. The van der Waals surface area contributed by atoms with Crippen molar-refractivity contribution in [1.29, 1.82) is 0 Å². The molecule has 1 unspecified atom stereocenters. The molecule has 5 rings (SSSR count). The summed E-state index contributed by atoms with van der Waals surface area (Å²) in [5, 5.41) is 6.78. The number of hydrogen-bond donors (Lipinski definition) is 2. The fraction of sp³-hybridized carbons (Fsp3) is 0.455. The van der Waals surface area contributed by atoms with Crippen molar-refractivity contribution in [3.63, 3.8) is 0 Å². The molecular formula is C22H25N3O2. The number of rotatable bonds is 4. The number of nitrogens with zero attached hydrogens (tertiary/aromatic N) is 1. The van der Waals surface area contributed by atoms with Crippen LogP contribution in [0.4, 0.5) is 0 Å². The lowest BCUT2D eigenvalue weighted by atomic mass is 9.92. The number of nitrogens with one attached hydrogen (secondary N) is 2. The summed E-state index contributed by atoms with van der Waals surface area (Å²) in [5.74, 6) is 1.52. The normalized spacial score (nSPS) is 25.7. The van der Waals surface area contributed by atoms with Crippen molar-refractivity contribution >= 4 is 5.91 Å². The summed E-state index contributed by atoms with van der Waals surface area (Å²) in [4.78, 5) is 17.0. The summed E-state index contributed by atoms with van der Waals surface area (Å²) >= 11 is 0. The van der Waals surface area contributed by atoms with E-state index in [4.69, 9.17) is 4.74 Å². The molecule has 0 saturated carbocycles. The average Bonchev–Trinajstić information content (AvgIpc) is 3.31. The molecule has 140 valence electrons. The fourth-order valence-corrected chi connectivity index (χ4v) is 4.77. The molecule has 2 aromatic rings. The predicted octanol–water partition coefficient (Wildman–Crippen LogP) is 2.94. The topological polar surface area (TPSA) is 63.2 Å². The zero-order valence-corrected chi connectivity index (χ0v) is 15.4. The lowest BCUT2D eigenvalue weighted by Gasteiger charge is -2.29. The third-order valence-corrected chi connectivity index (χ3v) is 6.15. The van der Waals surface area contributed by atoms with Crippen LogP contribution in [-0.2, 0) is 6.42 Å². The van der Waals surface area contributed by atoms with Crippen molar-refractivity contribution in [3.05, 3.63) is 47.8 Å². The Labute approximate surface area is 159 Å². The van der Waals surface area contributed by atoms with Gasteiger partial charge < -0.3 is 15.4 Å². The van der Waals surface area contributed by atoms with Gasteiger partial charge in [-0.3, -0.25) is 9.78 Å². The number of carbonyl (C=O) groups excluding carboxylic acids is 1. The molecule has 2 bridgehead atoms. The molecule has 27 heavy (non-hydrogen) atoms. The maximum absolute atomic E-state index is 12.7. The second kappa shape index (κ2) is 6.97. The first-order valence-corrected chi connectivity index (χ1v) is 10.00. The molecule has 0 radical (unpaired) electrons. The molecule has 3 aliphatic rings. The van der Waals surface area contributed by atoms with Gasteiger partial charge in [-0.25, -0.2) is 0 Å². The number of aromatic nitrogens is 1. The van der Waals surface area contributed by atoms with Gasteiger partial charge in [-0.1, -0.05) is 6.07 Å². The number of fused-ring (bicyclic) bond motifs is 3. The summed E-state index contributed by atoms with van der Waals surface area (Å²) in [7, 11) is 0. The molecule has 5 nitrogen and oxygen atoms in total. The number of pyridine rings is 1. The fourth-order valence-electron chi connectivity index (χ4n) is 4.77. The van der Waals surface area contributed by atoms with Crippen LogP contribution in [0, 0.1) is 5.92 Å². The van der Waals surface area contributed by atoms with E-state index in [-0.39, 0.29) is 5.91 Å². The van der Waals surface area contributed by atoms with E-state index < -0.39 is 0 Å². The van der Waals surface area contributed by atoms with Crippen LogP contribution in [0.1, 0.15) is 41.6 Å². The van der Waals surface area contributed by atoms with E-state index in [0.717, 1.165) is 36.4 Å². The summed E-state index contributed by atoms with van der Waals surface area (Å²) in [6.45, 7) is 1.51. The molecule has 1 amide bonds. The summed E-state index contributed by atoms with van der Waals surface area (Å²) in [6, 6.07) is 9.43. The zero-order chi connectivity index (χ0) is 18.2. The number of benzene rings is 1. The molecular weight excluding hydrogens is 338 g/mol. The van der Waals surface area contributed by atoms with Gasteiger partial charge in [0.25, 0.3) is 5.91 Å². The largest absolute Gasteiger partial charge is 0.493 e. The van der Waals surface area contributed by atoms with Crippen molar-refractivity contribution in [1.82, 2.24) is 15.6 Å². The second-order valence-corrected chi connectivity index (χ2v) is 8.07. The van der Waals surface area contributed by atoms with E-state index in [0.29, 0.717) is 23.6 Å². The molecule has 1 aromatic heterocycles. The van der Waals surface area contributed by atoms with Crippen molar-refractivity contribution < 1.29 is 9.53 Å². The lowest BCUT2D eigenvalue weighted by molar-refractivity contribution is 0.0941. The Balaban J connectivity index is 1.26. The van der Waals surface area contributed by atoms with Crippen LogP contribution < -0.4 is 15.4 Å². The molecule has 4 heterocycles. The number of amides is 1. The highest BCUT2D eigenvalue weighted by Crippen LogP contribution is 2.31. The van der Waals surface area contributed by atoms with E-state index in [2.05, 4.69) is 21.7 Å². The third kappa shape index (κ3) is 3.44. The second-order valence-electron chi connectivity index (χ2n) is 8.07. The molecule has 1 aromatic carbocycles. The standard InChI is InChI=1S/C22H25N3O2/c26-22(24-11-14-7-19-2-3-20(8-14)25-19)18-10-17(12-23-13-18)15-1-4-21-16(9-15)5-6-27-21/h1,4,9-10,12-14,19-20,25H,2-3,5-8,11H2,(H,24,26)/t14?,19-,20+. The first-order valence-electron chi connectivity index (χ1n) is 10.00. The van der Waals surface area contributed by atoms with Gasteiger partial charge in [-0.2, -0.15) is 0 Å². The van der Waals surface area contributed by atoms with Crippen LogP contribution in [0.5, 0.6) is 5.75 Å². The van der Waals surface area contributed by atoms with Gasteiger partial charge in [-0.15, -0.1) is 0 Å². The Morgan fingerprint density at radius 2 is 2.00 bits per heavy atom. The summed E-state index contributed by atoms with van der Waals surface area (Å²) in [6.07, 6.45) is 9.33. The van der Waals surface area contributed by atoms with Crippen LogP contribution in [0.2, 0.25) is 0 Å². The first kappa shape index (κ1) is 16.8. The van der Waals surface area contributed by atoms with Crippen LogP contribution in [-0.4, -0.2) is 36.1 Å². The first-order chi connectivity index (χ1) is 13.2. The van der Waals surface area contributed by atoms with E-state index in [1.54, 1.807) is 6.20 Å². The quantitative estimate of drug-likeness (QED) is 0.877. The van der Waals surface area contributed by atoms with Crippen LogP contribution in [0.3, 0.4) is 0 Å². The number of ether oxygens (including phenoxy) is 1. The van der Waals surface area contributed by atoms with Gasteiger partial charge >= 0.3 is 0 Å². The summed E-state index contributed by atoms with van der Waals surface area (Å²) < 4.78 is 5.58. The van der Waals surface area contributed by atoms with Crippen LogP contribution in [0.25, 0.3) is 11.1 Å². The van der Waals surface area contributed by atoms with Gasteiger partial charge in [0.15, 0.2) is 0 Å². The molecule has 2 saturated heterocycles. The molecule has 3 aliphatic heterocycles. The predicted molar refractivity (Wildman–Crippen MR) is 104 cm³/mol. The maximum atomic E-state index is 12.7. The number of carbonyl (C=O) groups is 1. The average molecular weight is 363 g/mol. The highest BCUT2D eigenvalue weighted by Gasteiger charge is 2.33. The Morgan fingerprint density at radius 1 is 1.15 bits per heavy atom. The molecule has 5 heteroatoms. The van der Waals surface area contributed by atoms with Gasteiger partial charge in [0.2, 0.25) is 0 Å². The van der Waals surface area contributed by atoms with Crippen molar-refractivity contribution in [3.8, 4) is 16.9 Å². The van der Waals surface area contributed by atoms with Crippen LogP contribution in [0.15, 0.2) is 36.7 Å². The Morgan fingerprint density at radius 3 is 2.85 bits per heavy atom.